The number of piperazine rings is 1. The first-order chi connectivity index (χ1) is 16.7. The van der Waals surface area contributed by atoms with Crippen LogP contribution in [0.25, 0.3) is 21.5 Å². The third-order valence-electron chi connectivity index (χ3n) is 6.15. The number of benzene rings is 4. The van der Waals surface area contributed by atoms with E-state index in [-0.39, 0.29) is 25.0 Å². The van der Waals surface area contributed by atoms with Crippen LogP contribution in [0.5, 0.6) is 11.5 Å². The third-order valence-corrected chi connectivity index (χ3v) is 6.15. The minimum Gasteiger partial charge on any atom is -0.484 e. The highest BCUT2D eigenvalue weighted by molar-refractivity contribution is 5.85. The summed E-state index contributed by atoms with van der Waals surface area (Å²) in [6.07, 6.45) is 0. The number of nitrogens with zero attached hydrogens (tertiary/aromatic N) is 2. The minimum absolute atomic E-state index is 0.0165. The quantitative estimate of drug-likeness (QED) is 0.440. The van der Waals surface area contributed by atoms with Gasteiger partial charge in [0.25, 0.3) is 11.8 Å². The van der Waals surface area contributed by atoms with Crippen LogP contribution in [0, 0.1) is 0 Å². The van der Waals surface area contributed by atoms with Crippen LogP contribution in [0.3, 0.4) is 0 Å². The Morgan fingerprint density at radius 2 is 0.941 bits per heavy atom. The number of rotatable bonds is 6. The van der Waals surface area contributed by atoms with Gasteiger partial charge in [-0.05, 0) is 45.8 Å². The molecule has 1 fully saturated rings. The fourth-order valence-corrected chi connectivity index (χ4v) is 4.19. The Hall–Kier alpha value is -4.06. The lowest BCUT2D eigenvalue weighted by molar-refractivity contribution is -0.141. The zero-order valence-corrected chi connectivity index (χ0v) is 18.9. The lowest BCUT2D eigenvalue weighted by atomic mass is 10.1. The first kappa shape index (κ1) is 21.8. The average molecular weight is 455 g/mol. The molecule has 1 aliphatic heterocycles. The zero-order chi connectivity index (χ0) is 23.3. The summed E-state index contributed by atoms with van der Waals surface area (Å²) in [5, 5.41) is 4.41. The second-order valence-electron chi connectivity index (χ2n) is 8.36. The molecule has 0 N–H and O–H groups in total. The average Bonchev–Trinajstić information content (AvgIpc) is 2.90. The first-order valence-electron chi connectivity index (χ1n) is 11.4. The summed E-state index contributed by atoms with van der Waals surface area (Å²) in [6, 6.07) is 27.7. The molecule has 6 nitrogen and oxygen atoms in total. The summed E-state index contributed by atoms with van der Waals surface area (Å²) in [4.78, 5) is 28.7. The van der Waals surface area contributed by atoms with E-state index < -0.39 is 0 Å². The number of amides is 2. The van der Waals surface area contributed by atoms with Gasteiger partial charge < -0.3 is 19.3 Å². The van der Waals surface area contributed by atoms with E-state index in [2.05, 4.69) is 0 Å². The van der Waals surface area contributed by atoms with Crippen molar-refractivity contribution in [3.8, 4) is 11.5 Å². The molecule has 0 unspecified atom stereocenters. The maximum absolute atomic E-state index is 12.6. The Balaban J connectivity index is 1.08. The third kappa shape index (κ3) is 4.96. The molecule has 0 radical (unpaired) electrons. The molecule has 0 bridgehead atoms. The molecule has 4 aromatic rings. The normalized spacial score (nSPS) is 13.8. The number of fused-ring (bicyclic) bond motifs is 2. The molecule has 0 aliphatic carbocycles. The van der Waals surface area contributed by atoms with Gasteiger partial charge in [0.2, 0.25) is 0 Å². The van der Waals surface area contributed by atoms with Crippen molar-refractivity contribution in [1.82, 2.24) is 9.80 Å². The standard InChI is InChI=1S/C28H26N2O4/c31-27(19-33-25-11-9-21-5-1-3-7-23(21)17-25)29-13-15-30(16-14-29)28(32)20-34-26-12-10-22-6-2-4-8-24(22)18-26/h1-12,17-18H,13-16,19-20H2. The van der Waals surface area contributed by atoms with Gasteiger partial charge in [0, 0.05) is 26.2 Å². The molecule has 172 valence electrons. The van der Waals surface area contributed by atoms with Crippen molar-refractivity contribution < 1.29 is 19.1 Å². The van der Waals surface area contributed by atoms with Crippen molar-refractivity contribution in [3.63, 3.8) is 0 Å². The van der Waals surface area contributed by atoms with E-state index in [4.69, 9.17) is 9.47 Å². The van der Waals surface area contributed by atoms with E-state index in [9.17, 15) is 9.59 Å². The molecule has 5 rings (SSSR count). The highest BCUT2D eigenvalue weighted by Gasteiger charge is 2.24. The fourth-order valence-electron chi connectivity index (χ4n) is 4.19. The van der Waals surface area contributed by atoms with Crippen LogP contribution in [0.15, 0.2) is 84.9 Å². The van der Waals surface area contributed by atoms with Crippen LogP contribution < -0.4 is 9.47 Å². The second-order valence-corrected chi connectivity index (χ2v) is 8.36. The molecule has 0 saturated carbocycles. The summed E-state index contributed by atoms with van der Waals surface area (Å²) in [5.74, 6) is 1.19. The van der Waals surface area contributed by atoms with Gasteiger partial charge in [-0.1, -0.05) is 60.7 Å². The van der Waals surface area contributed by atoms with Gasteiger partial charge in [0.05, 0.1) is 0 Å². The number of ether oxygens (including phenoxy) is 2. The van der Waals surface area contributed by atoms with Gasteiger partial charge >= 0.3 is 0 Å². The SMILES string of the molecule is O=C(COc1ccc2ccccc2c1)N1CCN(C(=O)COc2ccc3ccccc3c2)CC1. The monoisotopic (exact) mass is 454 g/mol. The van der Waals surface area contributed by atoms with Crippen LogP contribution in [0.4, 0.5) is 0 Å². The lowest BCUT2D eigenvalue weighted by Crippen LogP contribution is -2.52. The molecule has 2 amide bonds. The summed E-state index contributed by atoms with van der Waals surface area (Å²) in [5.41, 5.74) is 0. The smallest absolute Gasteiger partial charge is 0.260 e. The molecule has 4 aromatic carbocycles. The predicted molar refractivity (Wildman–Crippen MR) is 132 cm³/mol. The van der Waals surface area contributed by atoms with Gasteiger partial charge in [0.15, 0.2) is 13.2 Å². The van der Waals surface area contributed by atoms with E-state index >= 15 is 0 Å². The van der Waals surface area contributed by atoms with Crippen LogP contribution in [0.2, 0.25) is 0 Å². The largest absolute Gasteiger partial charge is 0.484 e. The minimum atomic E-state index is -0.0762. The summed E-state index contributed by atoms with van der Waals surface area (Å²) in [7, 11) is 0. The van der Waals surface area contributed by atoms with Crippen molar-refractivity contribution in [2.75, 3.05) is 39.4 Å². The molecule has 1 heterocycles. The molecule has 34 heavy (non-hydrogen) atoms. The van der Waals surface area contributed by atoms with E-state index in [0.717, 1.165) is 21.5 Å². The van der Waals surface area contributed by atoms with Crippen molar-refractivity contribution >= 4 is 33.4 Å². The Labute approximate surface area is 198 Å². The van der Waals surface area contributed by atoms with Crippen LogP contribution in [-0.4, -0.2) is 61.0 Å². The fraction of sp³-hybridized carbons (Fsp3) is 0.214. The molecule has 0 atom stereocenters. The highest BCUT2D eigenvalue weighted by Crippen LogP contribution is 2.22. The Morgan fingerprint density at radius 3 is 1.35 bits per heavy atom. The van der Waals surface area contributed by atoms with E-state index in [1.165, 1.54) is 0 Å². The van der Waals surface area contributed by atoms with Gasteiger partial charge in [0.1, 0.15) is 11.5 Å². The van der Waals surface area contributed by atoms with Gasteiger partial charge in [-0.25, -0.2) is 0 Å². The Morgan fingerprint density at radius 1 is 0.559 bits per heavy atom. The van der Waals surface area contributed by atoms with Crippen molar-refractivity contribution in [2.24, 2.45) is 0 Å². The van der Waals surface area contributed by atoms with Gasteiger partial charge in [-0.2, -0.15) is 0 Å². The zero-order valence-electron chi connectivity index (χ0n) is 18.9. The van der Waals surface area contributed by atoms with Crippen molar-refractivity contribution in [3.05, 3.63) is 84.9 Å². The summed E-state index contributed by atoms with van der Waals surface area (Å²) in [6.45, 7) is 1.92. The Bertz CT molecular complexity index is 1230. The molecule has 1 aliphatic rings. The van der Waals surface area contributed by atoms with Crippen LogP contribution in [0.1, 0.15) is 0 Å². The van der Waals surface area contributed by atoms with Crippen LogP contribution >= 0.6 is 0 Å². The summed E-state index contributed by atoms with van der Waals surface area (Å²) >= 11 is 0. The summed E-state index contributed by atoms with van der Waals surface area (Å²) < 4.78 is 11.5. The topological polar surface area (TPSA) is 59.1 Å². The van der Waals surface area contributed by atoms with E-state index in [0.29, 0.717) is 37.7 Å². The predicted octanol–water partition coefficient (Wildman–Crippen LogP) is 4.12. The molecule has 0 spiro atoms. The van der Waals surface area contributed by atoms with Crippen LogP contribution in [-0.2, 0) is 9.59 Å². The second kappa shape index (κ2) is 9.83. The lowest BCUT2D eigenvalue weighted by Gasteiger charge is -2.34. The van der Waals surface area contributed by atoms with E-state index in [1.54, 1.807) is 9.80 Å². The maximum Gasteiger partial charge on any atom is 0.260 e. The molecule has 6 heteroatoms. The first-order valence-corrected chi connectivity index (χ1v) is 11.4. The molecule has 0 aromatic heterocycles. The number of hydrogen-bond acceptors (Lipinski definition) is 4. The van der Waals surface area contributed by atoms with Crippen molar-refractivity contribution in [1.29, 1.82) is 0 Å². The molecular weight excluding hydrogens is 428 g/mol. The van der Waals surface area contributed by atoms with Crippen molar-refractivity contribution in [2.45, 2.75) is 0 Å². The maximum atomic E-state index is 12.6. The Kier molecular flexibility index (Phi) is 6.29. The molecular formula is C28H26N2O4. The number of hydrogen-bond donors (Lipinski definition) is 0. The molecule has 1 saturated heterocycles. The van der Waals surface area contributed by atoms with Gasteiger partial charge in [-0.3, -0.25) is 9.59 Å². The van der Waals surface area contributed by atoms with Gasteiger partial charge in [-0.15, -0.1) is 0 Å². The number of carbonyl (C=O) groups is 2. The highest BCUT2D eigenvalue weighted by atomic mass is 16.5. The number of carbonyl (C=O) groups excluding carboxylic acids is 2. The van der Waals surface area contributed by atoms with E-state index in [1.807, 2.05) is 84.9 Å².